The summed E-state index contributed by atoms with van der Waals surface area (Å²) < 4.78 is 28.3. The van der Waals surface area contributed by atoms with Gasteiger partial charge in [0.2, 0.25) is 0 Å². The van der Waals surface area contributed by atoms with Crippen molar-refractivity contribution in [1.82, 2.24) is 10.3 Å². The third-order valence-electron chi connectivity index (χ3n) is 3.76. The number of pyridine rings is 1. The van der Waals surface area contributed by atoms with Gasteiger partial charge in [-0.2, -0.15) is 8.78 Å². The summed E-state index contributed by atoms with van der Waals surface area (Å²) in [6.45, 7) is 0. The lowest BCUT2D eigenvalue weighted by Gasteiger charge is -2.22. The number of nitrogens with one attached hydrogen (secondary N) is 1. The maximum Gasteiger partial charge on any atom is 0.366 e. The van der Waals surface area contributed by atoms with Crippen LogP contribution in [0.4, 0.5) is 8.78 Å². The van der Waals surface area contributed by atoms with E-state index in [1.54, 1.807) is 18.2 Å². The SMILES string of the molecule is O=C(NC1c2ccccc2CC1O)C(F)(F)c1ccccn1. The molecule has 2 unspecified atom stereocenters. The van der Waals surface area contributed by atoms with Crippen molar-refractivity contribution in [1.29, 1.82) is 0 Å². The topological polar surface area (TPSA) is 62.2 Å². The Morgan fingerprint density at radius 3 is 2.68 bits per heavy atom. The van der Waals surface area contributed by atoms with Crippen molar-refractivity contribution in [3.63, 3.8) is 0 Å². The summed E-state index contributed by atoms with van der Waals surface area (Å²) in [5, 5.41) is 12.3. The minimum atomic E-state index is -3.75. The molecule has 0 spiro atoms. The molecule has 0 radical (unpaired) electrons. The summed E-state index contributed by atoms with van der Waals surface area (Å²) in [6.07, 6.45) is 0.618. The quantitative estimate of drug-likeness (QED) is 0.911. The zero-order chi connectivity index (χ0) is 15.7. The van der Waals surface area contributed by atoms with Gasteiger partial charge in [-0.3, -0.25) is 9.78 Å². The van der Waals surface area contributed by atoms with Gasteiger partial charge in [-0.25, -0.2) is 0 Å². The van der Waals surface area contributed by atoms with Crippen LogP contribution in [0.5, 0.6) is 0 Å². The molecule has 1 aliphatic carbocycles. The summed E-state index contributed by atoms with van der Waals surface area (Å²) in [7, 11) is 0. The van der Waals surface area contributed by atoms with E-state index in [2.05, 4.69) is 10.3 Å². The van der Waals surface area contributed by atoms with Gasteiger partial charge in [0.15, 0.2) is 0 Å². The summed E-state index contributed by atoms with van der Waals surface area (Å²) in [6, 6.07) is 10.2. The molecule has 2 N–H and O–H groups in total. The molecule has 0 aliphatic heterocycles. The van der Waals surface area contributed by atoms with Crippen LogP contribution >= 0.6 is 0 Å². The molecule has 1 amide bonds. The van der Waals surface area contributed by atoms with Crippen LogP contribution in [0.2, 0.25) is 0 Å². The average Bonchev–Trinajstić information content (AvgIpc) is 2.84. The summed E-state index contributed by atoms with van der Waals surface area (Å²) in [5.41, 5.74) is 0.898. The first-order chi connectivity index (χ1) is 10.5. The smallest absolute Gasteiger partial charge is 0.366 e. The molecular weight excluding hydrogens is 290 g/mol. The Balaban J connectivity index is 1.83. The fourth-order valence-corrected chi connectivity index (χ4v) is 2.64. The number of halogens is 2. The second kappa shape index (κ2) is 5.46. The van der Waals surface area contributed by atoms with Gasteiger partial charge < -0.3 is 10.4 Å². The molecule has 0 saturated carbocycles. The first-order valence-electron chi connectivity index (χ1n) is 6.86. The number of hydrogen-bond donors (Lipinski definition) is 2. The van der Waals surface area contributed by atoms with Crippen LogP contribution in [-0.2, 0) is 17.1 Å². The summed E-state index contributed by atoms with van der Waals surface area (Å²) >= 11 is 0. The number of alkyl halides is 2. The van der Waals surface area contributed by atoms with E-state index in [1.807, 2.05) is 6.07 Å². The monoisotopic (exact) mass is 304 g/mol. The number of carbonyl (C=O) groups is 1. The average molecular weight is 304 g/mol. The van der Waals surface area contributed by atoms with Gasteiger partial charge in [0.1, 0.15) is 5.69 Å². The number of carbonyl (C=O) groups excluding carboxylic acids is 1. The minimum absolute atomic E-state index is 0.330. The maximum absolute atomic E-state index is 14.1. The van der Waals surface area contributed by atoms with Gasteiger partial charge in [0.25, 0.3) is 5.91 Å². The van der Waals surface area contributed by atoms with Crippen molar-refractivity contribution in [3.8, 4) is 0 Å². The van der Waals surface area contributed by atoms with E-state index in [0.29, 0.717) is 12.0 Å². The minimum Gasteiger partial charge on any atom is -0.390 e. The third kappa shape index (κ3) is 2.46. The number of aliphatic hydroxyl groups excluding tert-OH is 1. The highest BCUT2D eigenvalue weighted by Gasteiger charge is 2.45. The van der Waals surface area contributed by atoms with Crippen LogP contribution in [0.15, 0.2) is 48.7 Å². The Kier molecular flexibility index (Phi) is 3.62. The van der Waals surface area contributed by atoms with Crippen LogP contribution in [0, 0.1) is 0 Å². The lowest BCUT2D eigenvalue weighted by Crippen LogP contribution is -2.43. The predicted molar refractivity (Wildman–Crippen MR) is 75.2 cm³/mol. The molecule has 1 aliphatic rings. The van der Waals surface area contributed by atoms with Crippen molar-refractivity contribution < 1.29 is 18.7 Å². The number of fused-ring (bicyclic) bond motifs is 1. The lowest BCUT2D eigenvalue weighted by molar-refractivity contribution is -0.149. The van der Waals surface area contributed by atoms with Gasteiger partial charge in [-0.1, -0.05) is 30.3 Å². The van der Waals surface area contributed by atoms with E-state index < -0.39 is 29.7 Å². The molecule has 0 fully saturated rings. The van der Waals surface area contributed by atoms with E-state index in [-0.39, 0.29) is 0 Å². The van der Waals surface area contributed by atoms with E-state index in [1.165, 1.54) is 18.3 Å². The van der Waals surface area contributed by atoms with Crippen molar-refractivity contribution in [2.24, 2.45) is 0 Å². The van der Waals surface area contributed by atoms with Crippen molar-refractivity contribution in [2.45, 2.75) is 24.5 Å². The molecule has 4 nitrogen and oxygen atoms in total. The molecule has 6 heteroatoms. The molecule has 114 valence electrons. The van der Waals surface area contributed by atoms with E-state index in [9.17, 15) is 18.7 Å². The summed E-state index contributed by atoms with van der Waals surface area (Å²) in [4.78, 5) is 15.5. The normalized spacial score (nSPS) is 20.5. The zero-order valence-corrected chi connectivity index (χ0v) is 11.5. The Labute approximate surface area is 125 Å². The molecule has 1 heterocycles. The van der Waals surface area contributed by atoms with Crippen molar-refractivity contribution in [2.75, 3.05) is 0 Å². The van der Waals surface area contributed by atoms with Gasteiger partial charge in [-0.15, -0.1) is 0 Å². The number of aromatic nitrogens is 1. The third-order valence-corrected chi connectivity index (χ3v) is 3.76. The highest BCUT2D eigenvalue weighted by atomic mass is 19.3. The van der Waals surface area contributed by atoms with Crippen LogP contribution < -0.4 is 5.32 Å². The fourth-order valence-electron chi connectivity index (χ4n) is 2.64. The molecule has 0 bridgehead atoms. The predicted octanol–water partition coefficient (Wildman–Crippen LogP) is 1.95. The van der Waals surface area contributed by atoms with Gasteiger partial charge in [-0.05, 0) is 23.3 Å². The van der Waals surface area contributed by atoms with Gasteiger partial charge in [0, 0.05) is 12.6 Å². The Hall–Kier alpha value is -2.34. The highest BCUT2D eigenvalue weighted by Crippen LogP contribution is 2.33. The molecule has 2 atom stereocenters. The first-order valence-corrected chi connectivity index (χ1v) is 6.86. The zero-order valence-electron chi connectivity index (χ0n) is 11.5. The second-order valence-electron chi connectivity index (χ2n) is 5.21. The molecule has 3 rings (SSSR count). The standard InChI is InChI=1S/C16H14F2N2O2/c17-16(18,13-7-3-4-8-19-13)15(22)20-14-11-6-2-1-5-10(11)9-12(14)21/h1-8,12,14,21H,9H2,(H,20,22). The Bertz CT molecular complexity index is 692. The van der Waals surface area contributed by atoms with Crippen LogP contribution in [0.1, 0.15) is 22.9 Å². The molecule has 22 heavy (non-hydrogen) atoms. The first kappa shape index (κ1) is 14.6. The second-order valence-corrected chi connectivity index (χ2v) is 5.21. The number of benzene rings is 1. The van der Waals surface area contributed by atoms with Crippen molar-refractivity contribution in [3.05, 3.63) is 65.5 Å². The van der Waals surface area contributed by atoms with Crippen molar-refractivity contribution >= 4 is 5.91 Å². The molecule has 2 aromatic rings. The van der Waals surface area contributed by atoms with E-state index in [0.717, 1.165) is 11.6 Å². The van der Waals surface area contributed by atoms with Gasteiger partial charge in [0.05, 0.1) is 12.1 Å². The Morgan fingerprint density at radius 1 is 1.23 bits per heavy atom. The molecule has 0 saturated heterocycles. The van der Waals surface area contributed by atoms with E-state index >= 15 is 0 Å². The molecule has 1 aromatic carbocycles. The van der Waals surface area contributed by atoms with E-state index in [4.69, 9.17) is 0 Å². The largest absolute Gasteiger partial charge is 0.390 e. The molecular formula is C16H14F2N2O2. The lowest BCUT2D eigenvalue weighted by atomic mass is 10.1. The summed E-state index contributed by atoms with van der Waals surface area (Å²) in [5.74, 6) is -5.22. The number of aliphatic hydroxyl groups is 1. The number of amides is 1. The number of nitrogens with zero attached hydrogens (tertiary/aromatic N) is 1. The molecule has 1 aromatic heterocycles. The maximum atomic E-state index is 14.1. The number of hydrogen-bond acceptors (Lipinski definition) is 3. The van der Waals surface area contributed by atoms with Crippen LogP contribution in [0.3, 0.4) is 0 Å². The Morgan fingerprint density at radius 2 is 1.95 bits per heavy atom. The number of rotatable bonds is 3. The fraction of sp³-hybridized carbons (Fsp3) is 0.250. The van der Waals surface area contributed by atoms with Crippen LogP contribution in [-0.4, -0.2) is 22.1 Å². The van der Waals surface area contributed by atoms with Gasteiger partial charge >= 0.3 is 5.92 Å². The highest BCUT2D eigenvalue weighted by molar-refractivity contribution is 5.84. The van der Waals surface area contributed by atoms with Crippen LogP contribution in [0.25, 0.3) is 0 Å².